The number of hydrogen-bond donors (Lipinski definition) is 1. The van der Waals surface area contributed by atoms with E-state index in [1.807, 2.05) is 30.3 Å². The topological polar surface area (TPSA) is 62.3 Å². The van der Waals surface area contributed by atoms with Crippen LogP contribution in [0.3, 0.4) is 0 Å². The highest BCUT2D eigenvalue weighted by molar-refractivity contribution is 5.94. The van der Waals surface area contributed by atoms with E-state index in [0.29, 0.717) is 38.0 Å². The number of amides is 2. The Morgan fingerprint density at radius 2 is 1.83 bits per heavy atom. The molecule has 1 fully saturated rings. The van der Waals surface area contributed by atoms with Gasteiger partial charge in [0.2, 0.25) is 5.91 Å². The summed E-state index contributed by atoms with van der Waals surface area (Å²) in [5, 5.41) is 2.99. The number of carbonyl (C=O) groups is 2. The van der Waals surface area contributed by atoms with Crippen LogP contribution in [0.25, 0.3) is 0 Å². The second kappa shape index (κ2) is 7.73. The predicted octanol–water partition coefficient (Wildman–Crippen LogP) is 2.25. The number of nitrogens with zero attached hydrogens (tertiary/aromatic N) is 2. The van der Waals surface area contributed by atoms with Gasteiger partial charge in [-0.05, 0) is 30.5 Å². The van der Waals surface area contributed by atoms with Crippen molar-refractivity contribution in [3.05, 3.63) is 66.0 Å². The molecule has 2 amide bonds. The van der Waals surface area contributed by atoms with Gasteiger partial charge in [-0.1, -0.05) is 30.3 Å². The van der Waals surface area contributed by atoms with Crippen molar-refractivity contribution in [2.24, 2.45) is 5.92 Å². The summed E-state index contributed by atoms with van der Waals surface area (Å²) in [5.74, 6) is 0.0465. The van der Waals surface area contributed by atoms with Crippen molar-refractivity contribution < 1.29 is 9.59 Å². The van der Waals surface area contributed by atoms with Crippen LogP contribution >= 0.6 is 0 Å². The van der Waals surface area contributed by atoms with Crippen LogP contribution in [-0.2, 0) is 11.3 Å². The lowest BCUT2D eigenvalue weighted by atomic mass is 9.95. The highest BCUT2D eigenvalue weighted by atomic mass is 16.2. The highest BCUT2D eigenvalue weighted by Crippen LogP contribution is 2.19. The first-order valence-electron chi connectivity index (χ1n) is 8.25. The minimum absolute atomic E-state index is 0.00811. The molecule has 1 aromatic heterocycles. The van der Waals surface area contributed by atoms with Gasteiger partial charge in [0.15, 0.2) is 0 Å². The van der Waals surface area contributed by atoms with E-state index >= 15 is 0 Å². The fourth-order valence-corrected chi connectivity index (χ4v) is 2.95. The standard InChI is InChI=1S/C19H21N3O2/c23-18(21-13-15-5-2-1-3-6-15)16-8-11-22(12-9-16)19(24)17-7-4-10-20-14-17/h1-7,10,14,16H,8-9,11-13H2,(H,21,23). The van der Waals surface area contributed by atoms with E-state index in [1.54, 1.807) is 29.4 Å². The predicted molar refractivity (Wildman–Crippen MR) is 91.2 cm³/mol. The maximum Gasteiger partial charge on any atom is 0.255 e. The lowest BCUT2D eigenvalue weighted by Gasteiger charge is -2.31. The SMILES string of the molecule is O=C(NCc1ccccc1)C1CCN(C(=O)c2cccnc2)CC1. The molecule has 5 nitrogen and oxygen atoms in total. The Kier molecular flexibility index (Phi) is 5.21. The normalized spacial score (nSPS) is 15.1. The monoisotopic (exact) mass is 323 g/mol. The second-order valence-corrected chi connectivity index (χ2v) is 6.01. The van der Waals surface area contributed by atoms with Gasteiger partial charge in [0.05, 0.1) is 5.56 Å². The van der Waals surface area contributed by atoms with E-state index in [0.717, 1.165) is 5.56 Å². The molecule has 1 aliphatic rings. The molecule has 0 radical (unpaired) electrons. The summed E-state index contributed by atoms with van der Waals surface area (Å²) in [4.78, 5) is 30.5. The van der Waals surface area contributed by atoms with E-state index in [-0.39, 0.29) is 17.7 Å². The van der Waals surface area contributed by atoms with Crippen molar-refractivity contribution >= 4 is 11.8 Å². The van der Waals surface area contributed by atoms with Crippen LogP contribution in [0.2, 0.25) is 0 Å². The molecule has 124 valence electrons. The molecule has 0 bridgehead atoms. The summed E-state index contributed by atoms with van der Waals surface area (Å²) in [5.41, 5.74) is 1.69. The Morgan fingerprint density at radius 3 is 2.50 bits per heavy atom. The first kappa shape index (κ1) is 16.2. The van der Waals surface area contributed by atoms with Crippen LogP contribution in [0.5, 0.6) is 0 Å². The van der Waals surface area contributed by atoms with Gasteiger partial charge < -0.3 is 10.2 Å². The van der Waals surface area contributed by atoms with Crippen molar-refractivity contribution in [3.8, 4) is 0 Å². The van der Waals surface area contributed by atoms with Crippen molar-refractivity contribution in [2.75, 3.05) is 13.1 Å². The first-order chi connectivity index (χ1) is 11.7. The number of carbonyl (C=O) groups excluding carboxylic acids is 2. The molecule has 1 aromatic carbocycles. The minimum Gasteiger partial charge on any atom is -0.352 e. The summed E-state index contributed by atoms with van der Waals surface area (Å²) >= 11 is 0. The average molecular weight is 323 g/mol. The zero-order chi connectivity index (χ0) is 16.8. The molecule has 24 heavy (non-hydrogen) atoms. The van der Waals surface area contributed by atoms with E-state index in [1.165, 1.54) is 0 Å². The van der Waals surface area contributed by atoms with Crippen LogP contribution in [0.4, 0.5) is 0 Å². The van der Waals surface area contributed by atoms with Gasteiger partial charge in [-0.3, -0.25) is 14.6 Å². The van der Waals surface area contributed by atoms with Gasteiger partial charge in [0.1, 0.15) is 0 Å². The molecule has 2 aromatic rings. The van der Waals surface area contributed by atoms with E-state index in [9.17, 15) is 9.59 Å². The molecule has 0 atom stereocenters. The smallest absolute Gasteiger partial charge is 0.255 e. The first-order valence-corrected chi connectivity index (χ1v) is 8.25. The maximum atomic E-state index is 12.4. The lowest BCUT2D eigenvalue weighted by Crippen LogP contribution is -2.42. The second-order valence-electron chi connectivity index (χ2n) is 6.01. The van der Waals surface area contributed by atoms with Gasteiger partial charge in [-0.15, -0.1) is 0 Å². The maximum absolute atomic E-state index is 12.4. The van der Waals surface area contributed by atoms with Gasteiger partial charge in [-0.2, -0.15) is 0 Å². The number of hydrogen-bond acceptors (Lipinski definition) is 3. The number of benzene rings is 1. The summed E-state index contributed by atoms with van der Waals surface area (Å²) in [6, 6.07) is 13.4. The van der Waals surface area contributed by atoms with E-state index in [4.69, 9.17) is 0 Å². The molecule has 1 aliphatic heterocycles. The van der Waals surface area contributed by atoms with Gasteiger partial charge >= 0.3 is 0 Å². The molecule has 1 N–H and O–H groups in total. The van der Waals surface area contributed by atoms with Crippen LogP contribution < -0.4 is 5.32 Å². The van der Waals surface area contributed by atoms with Gasteiger partial charge in [0, 0.05) is 37.9 Å². The third-order valence-electron chi connectivity index (χ3n) is 4.37. The highest BCUT2D eigenvalue weighted by Gasteiger charge is 2.27. The molecule has 0 spiro atoms. The van der Waals surface area contributed by atoms with E-state index in [2.05, 4.69) is 10.3 Å². The fourth-order valence-electron chi connectivity index (χ4n) is 2.95. The third-order valence-corrected chi connectivity index (χ3v) is 4.37. The number of piperidine rings is 1. The number of likely N-dealkylation sites (tertiary alicyclic amines) is 1. The molecule has 2 heterocycles. The minimum atomic E-state index is -0.0216. The summed E-state index contributed by atoms with van der Waals surface area (Å²) in [6.45, 7) is 1.77. The van der Waals surface area contributed by atoms with E-state index < -0.39 is 0 Å². The largest absolute Gasteiger partial charge is 0.352 e. The Balaban J connectivity index is 1.48. The fraction of sp³-hybridized carbons (Fsp3) is 0.316. The Bertz CT molecular complexity index is 680. The number of nitrogens with one attached hydrogen (secondary N) is 1. The lowest BCUT2D eigenvalue weighted by molar-refractivity contribution is -0.126. The Labute approximate surface area is 141 Å². The molecule has 5 heteroatoms. The quantitative estimate of drug-likeness (QED) is 0.939. The zero-order valence-electron chi connectivity index (χ0n) is 13.5. The molecule has 3 rings (SSSR count). The Morgan fingerprint density at radius 1 is 1.08 bits per heavy atom. The molecular formula is C19H21N3O2. The molecule has 0 aliphatic carbocycles. The molecule has 0 unspecified atom stereocenters. The number of aromatic nitrogens is 1. The zero-order valence-corrected chi connectivity index (χ0v) is 13.5. The Hall–Kier alpha value is -2.69. The number of rotatable bonds is 4. The van der Waals surface area contributed by atoms with Crippen molar-refractivity contribution in [3.63, 3.8) is 0 Å². The molecular weight excluding hydrogens is 302 g/mol. The van der Waals surface area contributed by atoms with Crippen molar-refractivity contribution in [2.45, 2.75) is 19.4 Å². The molecule has 1 saturated heterocycles. The summed E-state index contributed by atoms with van der Waals surface area (Å²) in [6.07, 6.45) is 4.64. The summed E-state index contributed by atoms with van der Waals surface area (Å²) in [7, 11) is 0. The van der Waals surface area contributed by atoms with Crippen molar-refractivity contribution in [1.82, 2.24) is 15.2 Å². The van der Waals surface area contributed by atoms with Crippen LogP contribution in [-0.4, -0.2) is 34.8 Å². The molecule has 0 saturated carbocycles. The third kappa shape index (κ3) is 3.98. The van der Waals surface area contributed by atoms with Crippen LogP contribution in [0.15, 0.2) is 54.9 Å². The van der Waals surface area contributed by atoms with Gasteiger partial charge in [-0.25, -0.2) is 0 Å². The summed E-state index contributed by atoms with van der Waals surface area (Å²) < 4.78 is 0. The van der Waals surface area contributed by atoms with Crippen LogP contribution in [0, 0.1) is 5.92 Å². The number of pyridine rings is 1. The average Bonchev–Trinajstić information content (AvgIpc) is 2.67. The van der Waals surface area contributed by atoms with Crippen LogP contribution in [0.1, 0.15) is 28.8 Å². The van der Waals surface area contributed by atoms with Crippen molar-refractivity contribution in [1.29, 1.82) is 0 Å². The van der Waals surface area contributed by atoms with Gasteiger partial charge in [0.25, 0.3) is 5.91 Å².